The van der Waals surface area contributed by atoms with E-state index < -0.39 is 5.60 Å². The van der Waals surface area contributed by atoms with Gasteiger partial charge in [0.15, 0.2) is 0 Å². The number of hydrogen-bond donors (Lipinski definition) is 2. The average Bonchev–Trinajstić information content (AvgIpc) is 2.48. The number of carbonyl (C=O) groups excluding carboxylic acids is 2. The summed E-state index contributed by atoms with van der Waals surface area (Å²) in [7, 11) is 4.38. The van der Waals surface area contributed by atoms with Crippen LogP contribution < -0.4 is 15.4 Å². The molecule has 0 bridgehead atoms. The minimum atomic E-state index is -0.946. The lowest BCUT2D eigenvalue weighted by molar-refractivity contribution is -0.133. The second-order valence-corrected chi connectivity index (χ2v) is 5.06. The topological polar surface area (TPSA) is 85.9 Å². The van der Waals surface area contributed by atoms with Crippen LogP contribution in [0.2, 0.25) is 0 Å². The van der Waals surface area contributed by atoms with E-state index in [9.17, 15) is 9.59 Å². The van der Waals surface area contributed by atoms with Crippen molar-refractivity contribution in [2.45, 2.75) is 19.4 Å². The number of nitrogens with one attached hydrogen (secondary N) is 2. The number of anilines is 2. The second-order valence-electron chi connectivity index (χ2n) is 5.06. The van der Waals surface area contributed by atoms with Crippen molar-refractivity contribution < 1.29 is 23.8 Å². The summed E-state index contributed by atoms with van der Waals surface area (Å²) in [6, 6.07) is 4.92. The van der Waals surface area contributed by atoms with Gasteiger partial charge >= 0.3 is 0 Å². The van der Waals surface area contributed by atoms with E-state index in [4.69, 9.17) is 14.2 Å². The van der Waals surface area contributed by atoms with Crippen molar-refractivity contribution in [2.24, 2.45) is 0 Å². The predicted molar refractivity (Wildman–Crippen MR) is 83.2 cm³/mol. The van der Waals surface area contributed by atoms with Crippen LogP contribution in [0.5, 0.6) is 5.75 Å². The maximum atomic E-state index is 12.0. The van der Waals surface area contributed by atoms with E-state index in [0.717, 1.165) is 0 Å². The highest BCUT2D eigenvalue weighted by molar-refractivity contribution is 5.98. The third kappa shape index (κ3) is 4.71. The Balaban J connectivity index is 2.89. The molecule has 0 radical (unpaired) electrons. The number of carbonyl (C=O) groups is 2. The third-order valence-corrected chi connectivity index (χ3v) is 3.07. The van der Waals surface area contributed by atoms with E-state index in [-0.39, 0.29) is 18.4 Å². The second kappa shape index (κ2) is 7.77. The van der Waals surface area contributed by atoms with Gasteiger partial charge in [-0.15, -0.1) is 0 Å². The summed E-state index contributed by atoms with van der Waals surface area (Å²) in [5.74, 6) is -0.149. The molecule has 0 saturated heterocycles. The first kappa shape index (κ1) is 17.9. The molecule has 0 fully saturated rings. The maximum Gasteiger partial charge on any atom is 0.256 e. The summed E-state index contributed by atoms with van der Waals surface area (Å²) in [6.45, 7) is 3.28. The standard InChI is InChI=1S/C15H22N2O5/c1-15(2,22-5)14(19)16-10-6-7-11(12(8-10)21-4)17-13(18)9-20-3/h6-8H,9H2,1-5H3,(H,16,19)(H,17,18). The Morgan fingerprint density at radius 1 is 1.14 bits per heavy atom. The highest BCUT2D eigenvalue weighted by atomic mass is 16.5. The number of hydrogen-bond acceptors (Lipinski definition) is 5. The molecule has 0 saturated carbocycles. The molecular formula is C15H22N2O5. The van der Waals surface area contributed by atoms with Crippen LogP contribution in [0, 0.1) is 0 Å². The molecule has 0 heterocycles. The number of benzene rings is 1. The summed E-state index contributed by atoms with van der Waals surface area (Å²) >= 11 is 0. The molecule has 7 nitrogen and oxygen atoms in total. The van der Waals surface area contributed by atoms with Crippen molar-refractivity contribution in [2.75, 3.05) is 38.6 Å². The average molecular weight is 310 g/mol. The summed E-state index contributed by atoms with van der Waals surface area (Å²) in [4.78, 5) is 23.6. The Labute approximate surface area is 129 Å². The zero-order chi connectivity index (χ0) is 16.8. The van der Waals surface area contributed by atoms with Gasteiger partial charge in [-0.05, 0) is 26.0 Å². The molecule has 1 aromatic rings. The van der Waals surface area contributed by atoms with E-state index >= 15 is 0 Å². The summed E-state index contributed by atoms with van der Waals surface area (Å²) in [5.41, 5.74) is 0.0868. The van der Waals surface area contributed by atoms with Crippen LogP contribution in [0.15, 0.2) is 18.2 Å². The van der Waals surface area contributed by atoms with Crippen molar-refractivity contribution in [1.29, 1.82) is 0 Å². The summed E-state index contributed by atoms with van der Waals surface area (Å²) in [5, 5.41) is 5.39. The van der Waals surface area contributed by atoms with Gasteiger partial charge in [-0.3, -0.25) is 9.59 Å². The number of methoxy groups -OCH3 is 3. The molecule has 0 atom stereocenters. The van der Waals surface area contributed by atoms with Crippen LogP contribution in [-0.2, 0) is 19.1 Å². The molecule has 22 heavy (non-hydrogen) atoms. The first-order chi connectivity index (χ1) is 10.3. The quantitative estimate of drug-likeness (QED) is 0.799. The molecule has 7 heteroatoms. The monoisotopic (exact) mass is 310 g/mol. The highest BCUT2D eigenvalue weighted by Gasteiger charge is 2.27. The highest BCUT2D eigenvalue weighted by Crippen LogP contribution is 2.28. The normalized spacial score (nSPS) is 11.0. The Kier molecular flexibility index (Phi) is 6.33. The molecule has 0 aliphatic rings. The van der Waals surface area contributed by atoms with E-state index in [0.29, 0.717) is 17.1 Å². The van der Waals surface area contributed by atoms with Gasteiger partial charge in [-0.25, -0.2) is 0 Å². The third-order valence-electron chi connectivity index (χ3n) is 3.07. The first-order valence-corrected chi connectivity index (χ1v) is 6.67. The van der Waals surface area contributed by atoms with Gasteiger partial charge in [-0.2, -0.15) is 0 Å². The fraction of sp³-hybridized carbons (Fsp3) is 0.467. The van der Waals surface area contributed by atoms with Crippen LogP contribution in [-0.4, -0.2) is 45.4 Å². The maximum absolute atomic E-state index is 12.0. The predicted octanol–water partition coefficient (Wildman–Crippen LogP) is 1.64. The Hall–Kier alpha value is -2.12. The van der Waals surface area contributed by atoms with Crippen molar-refractivity contribution >= 4 is 23.2 Å². The fourth-order valence-corrected chi connectivity index (χ4v) is 1.56. The molecule has 0 spiro atoms. The van der Waals surface area contributed by atoms with E-state index in [1.807, 2.05) is 0 Å². The molecule has 1 rings (SSSR count). The fourth-order valence-electron chi connectivity index (χ4n) is 1.56. The Bertz CT molecular complexity index is 543. The van der Waals surface area contributed by atoms with Crippen LogP contribution in [0.1, 0.15) is 13.8 Å². The zero-order valence-electron chi connectivity index (χ0n) is 13.5. The number of amides is 2. The van der Waals surface area contributed by atoms with Crippen LogP contribution in [0.4, 0.5) is 11.4 Å². The molecular weight excluding hydrogens is 288 g/mol. The van der Waals surface area contributed by atoms with E-state index in [1.54, 1.807) is 32.0 Å². The van der Waals surface area contributed by atoms with Crippen molar-refractivity contribution in [3.8, 4) is 5.75 Å². The largest absolute Gasteiger partial charge is 0.494 e. The van der Waals surface area contributed by atoms with Crippen molar-refractivity contribution in [1.82, 2.24) is 0 Å². The minimum absolute atomic E-state index is 0.0519. The van der Waals surface area contributed by atoms with Gasteiger partial charge in [0.05, 0.1) is 12.8 Å². The van der Waals surface area contributed by atoms with Gasteiger partial charge in [0, 0.05) is 26.0 Å². The molecule has 0 aromatic heterocycles. The summed E-state index contributed by atoms with van der Waals surface area (Å²) < 4.78 is 15.1. The number of ether oxygens (including phenoxy) is 3. The minimum Gasteiger partial charge on any atom is -0.494 e. The molecule has 0 aliphatic carbocycles. The lowest BCUT2D eigenvalue weighted by atomic mass is 10.1. The lowest BCUT2D eigenvalue weighted by Crippen LogP contribution is -2.38. The van der Waals surface area contributed by atoms with Gasteiger partial charge in [0.25, 0.3) is 5.91 Å². The van der Waals surface area contributed by atoms with E-state index in [2.05, 4.69) is 10.6 Å². The Morgan fingerprint density at radius 2 is 1.82 bits per heavy atom. The van der Waals surface area contributed by atoms with Gasteiger partial charge in [0.2, 0.25) is 5.91 Å². The van der Waals surface area contributed by atoms with Gasteiger partial charge in [0.1, 0.15) is 18.0 Å². The molecule has 122 valence electrons. The molecule has 0 aliphatic heterocycles. The van der Waals surface area contributed by atoms with Crippen LogP contribution >= 0.6 is 0 Å². The van der Waals surface area contributed by atoms with Crippen LogP contribution in [0.3, 0.4) is 0 Å². The molecule has 2 amide bonds. The van der Waals surface area contributed by atoms with Crippen LogP contribution in [0.25, 0.3) is 0 Å². The molecule has 1 aromatic carbocycles. The van der Waals surface area contributed by atoms with Gasteiger partial charge < -0.3 is 24.8 Å². The van der Waals surface area contributed by atoms with E-state index in [1.165, 1.54) is 21.3 Å². The first-order valence-electron chi connectivity index (χ1n) is 6.67. The zero-order valence-corrected chi connectivity index (χ0v) is 13.5. The molecule has 0 unspecified atom stereocenters. The summed E-state index contributed by atoms with van der Waals surface area (Å²) in [6.07, 6.45) is 0. The Morgan fingerprint density at radius 3 is 2.36 bits per heavy atom. The van der Waals surface area contributed by atoms with Gasteiger partial charge in [-0.1, -0.05) is 0 Å². The smallest absolute Gasteiger partial charge is 0.256 e. The molecule has 2 N–H and O–H groups in total. The van der Waals surface area contributed by atoms with Crippen molar-refractivity contribution in [3.05, 3.63) is 18.2 Å². The lowest BCUT2D eigenvalue weighted by Gasteiger charge is -2.22. The van der Waals surface area contributed by atoms with Crippen molar-refractivity contribution in [3.63, 3.8) is 0 Å². The SMILES string of the molecule is COCC(=O)Nc1ccc(NC(=O)C(C)(C)OC)cc1OC. The number of rotatable bonds is 7.